The lowest BCUT2D eigenvalue weighted by Crippen LogP contribution is -2.48. The second kappa shape index (κ2) is 14.3. The monoisotopic (exact) mass is 637 g/mol. The van der Waals surface area contributed by atoms with E-state index in [-0.39, 0.29) is 29.9 Å². The molecule has 1 aliphatic carbocycles. The second-order valence-corrected chi connectivity index (χ2v) is 13.0. The first-order valence-electron chi connectivity index (χ1n) is 15.5. The number of aromatic nitrogens is 1. The van der Waals surface area contributed by atoms with E-state index in [9.17, 15) is 28.0 Å². The van der Waals surface area contributed by atoms with Crippen LogP contribution in [0, 0.1) is 17.6 Å². The number of anilines is 1. The quantitative estimate of drug-likeness (QED) is 0.197. The Balaban J connectivity index is 1.65. The summed E-state index contributed by atoms with van der Waals surface area (Å²) in [5, 5.41) is 0. The molecule has 2 aromatic carbocycles. The van der Waals surface area contributed by atoms with Gasteiger partial charge in [-0.3, -0.25) is 19.1 Å². The van der Waals surface area contributed by atoms with Crippen molar-refractivity contribution in [2.75, 3.05) is 5.73 Å². The number of carbonyl (C=O) groups excluding carboxylic acids is 3. The van der Waals surface area contributed by atoms with E-state index in [2.05, 4.69) is 0 Å². The smallest absolute Gasteiger partial charge is 0.411 e. The van der Waals surface area contributed by atoms with Crippen LogP contribution in [0.4, 0.5) is 19.4 Å². The number of rotatable bonds is 10. The molecule has 3 aromatic rings. The number of nitrogens with zero attached hydrogens (tertiary/aromatic N) is 2. The number of hydrogen-bond acceptors (Lipinski definition) is 7. The third-order valence-electron chi connectivity index (χ3n) is 7.65. The minimum Gasteiger partial charge on any atom is -0.461 e. The zero-order chi connectivity index (χ0) is 33.8. The number of nitrogen functional groups attached to an aromatic ring is 1. The normalized spacial score (nSPS) is 14.3. The molecular weight excluding hydrogens is 596 g/mol. The van der Waals surface area contributed by atoms with Crippen molar-refractivity contribution in [2.24, 2.45) is 5.92 Å². The molecule has 0 spiro atoms. The fourth-order valence-corrected chi connectivity index (χ4v) is 5.45. The summed E-state index contributed by atoms with van der Waals surface area (Å²) in [5.41, 5.74) is 5.32. The van der Waals surface area contributed by atoms with Crippen LogP contribution < -0.4 is 11.3 Å². The summed E-state index contributed by atoms with van der Waals surface area (Å²) in [6.45, 7) is 9.18. The summed E-state index contributed by atoms with van der Waals surface area (Å²) in [4.78, 5) is 54.4. The minimum absolute atomic E-state index is 0.0130. The maximum Gasteiger partial charge on any atom is 0.411 e. The van der Waals surface area contributed by atoms with E-state index in [1.165, 1.54) is 11.0 Å². The highest BCUT2D eigenvalue weighted by Crippen LogP contribution is 2.26. The van der Waals surface area contributed by atoms with Crippen molar-refractivity contribution in [3.05, 3.63) is 93.3 Å². The van der Waals surface area contributed by atoms with E-state index in [0.29, 0.717) is 23.7 Å². The summed E-state index contributed by atoms with van der Waals surface area (Å²) >= 11 is 0. The van der Waals surface area contributed by atoms with Crippen molar-refractivity contribution in [1.29, 1.82) is 0 Å². The van der Waals surface area contributed by atoms with Crippen LogP contribution in [-0.2, 0) is 20.8 Å². The van der Waals surface area contributed by atoms with Crippen molar-refractivity contribution in [1.82, 2.24) is 9.47 Å². The highest BCUT2D eigenvalue weighted by atomic mass is 19.1. The zero-order valence-corrected chi connectivity index (χ0v) is 26.8. The third-order valence-corrected chi connectivity index (χ3v) is 7.65. The molecule has 0 saturated heterocycles. The molecule has 246 valence electrons. The summed E-state index contributed by atoms with van der Waals surface area (Å²) < 4.78 is 40.4. The van der Waals surface area contributed by atoms with Gasteiger partial charge in [-0.15, -0.1) is 0 Å². The number of nitrogens with two attached hydrogens (primary N) is 1. The molecule has 0 unspecified atom stereocenters. The zero-order valence-electron chi connectivity index (χ0n) is 26.8. The Kier molecular flexibility index (Phi) is 10.6. The first kappa shape index (κ1) is 34.3. The third kappa shape index (κ3) is 8.38. The van der Waals surface area contributed by atoms with E-state index < -0.39 is 52.2 Å². The Morgan fingerprint density at radius 3 is 2.20 bits per heavy atom. The molecule has 4 rings (SSSR count). The minimum atomic E-state index is -1.05. The molecule has 0 aliphatic heterocycles. The predicted octanol–water partition coefficient (Wildman–Crippen LogP) is 6.57. The lowest BCUT2D eigenvalue weighted by atomic mass is 10.0. The molecule has 0 radical (unpaired) electrons. The van der Waals surface area contributed by atoms with Gasteiger partial charge in [-0.2, -0.15) is 0 Å². The Bertz CT molecular complexity index is 1640. The van der Waals surface area contributed by atoms with Crippen LogP contribution in [0.15, 0.2) is 59.4 Å². The van der Waals surface area contributed by atoms with E-state index in [1.807, 2.05) is 13.8 Å². The van der Waals surface area contributed by atoms with Crippen LogP contribution >= 0.6 is 0 Å². The largest absolute Gasteiger partial charge is 0.461 e. The Morgan fingerprint density at radius 2 is 1.61 bits per heavy atom. The van der Waals surface area contributed by atoms with Crippen LogP contribution in [0.2, 0.25) is 0 Å². The molecule has 9 nitrogen and oxygen atoms in total. The van der Waals surface area contributed by atoms with Gasteiger partial charge in [0.25, 0.3) is 5.56 Å². The number of carbonyl (C=O) groups is 3. The summed E-state index contributed by atoms with van der Waals surface area (Å²) in [7, 11) is 0. The molecule has 2 N–H and O–H groups in total. The van der Waals surface area contributed by atoms with Crippen molar-refractivity contribution in [2.45, 2.75) is 91.0 Å². The molecule has 1 saturated carbocycles. The average Bonchev–Trinajstić information content (AvgIpc) is 3.47. The standard InChI is InChI=1S/C35H41F2N3O6/c1-21(2)18-29(33(43)45-25-8-6-7-9-25)39(34(44)46-35(3,4)5)20-22-10-13-24(14-11-22)40-30(41)17-16-27(32(40)38)31(42)26-15-12-23(36)19-28(26)37/h10-17,19,21,25,29H,6-9,18,20,38H2,1-5H3/t29-/m0/s1. The molecule has 1 aliphatic rings. The van der Waals surface area contributed by atoms with Crippen molar-refractivity contribution in [3.63, 3.8) is 0 Å². The van der Waals surface area contributed by atoms with Gasteiger partial charge in [0.2, 0.25) is 0 Å². The van der Waals surface area contributed by atoms with Crippen molar-refractivity contribution in [3.8, 4) is 5.69 Å². The number of hydrogen-bond donors (Lipinski definition) is 1. The lowest BCUT2D eigenvalue weighted by molar-refractivity contribution is -0.156. The van der Waals surface area contributed by atoms with E-state index in [0.717, 1.165) is 48.4 Å². The molecule has 1 fully saturated rings. The van der Waals surface area contributed by atoms with Crippen molar-refractivity contribution < 1.29 is 32.6 Å². The van der Waals surface area contributed by atoms with Gasteiger partial charge in [-0.25, -0.2) is 18.4 Å². The number of ether oxygens (including phenoxy) is 2. The van der Waals surface area contributed by atoms with Gasteiger partial charge < -0.3 is 15.2 Å². The molecule has 0 bridgehead atoms. The topological polar surface area (TPSA) is 121 Å². The fourth-order valence-electron chi connectivity index (χ4n) is 5.45. The number of benzene rings is 2. The first-order valence-corrected chi connectivity index (χ1v) is 15.5. The Labute approximate surface area is 267 Å². The summed E-state index contributed by atoms with van der Waals surface area (Å²) in [6.07, 6.45) is 3.10. The van der Waals surface area contributed by atoms with Gasteiger partial charge in [0.15, 0.2) is 5.78 Å². The van der Waals surface area contributed by atoms with Gasteiger partial charge in [-0.1, -0.05) is 26.0 Å². The number of halogens is 2. The van der Waals surface area contributed by atoms with Crippen molar-refractivity contribution >= 4 is 23.7 Å². The van der Waals surface area contributed by atoms with Crippen LogP contribution in [0.3, 0.4) is 0 Å². The Hall–Kier alpha value is -4.54. The SMILES string of the molecule is CC(C)C[C@@H](C(=O)OC1CCCC1)N(Cc1ccc(-n2c(N)c(C(=O)c3ccc(F)cc3F)ccc2=O)cc1)C(=O)OC(C)(C)C. The number of pyridine rings is 1. The van der Waals surface area contributed by atoms with Gasteiger partial charge >= 0.3 is 12.1 Å². The predicted molar refractivity (Wildman–Crippen MR) is 170 cm³/mol. The second-order valence-electron chi connectivity index (χ2n) is 13.0. The van der Waals surface area contributed by atoms with Crippen LogP contribution in [0.5, 0.6) is 0 Å². The van der Waals surface area contributed by atoms with Crippen LogP contribution in [0.25, 0.3) is 5.69 Å². The highest BCUT2D eigenvalue weighted by Gasteiger charge is 2.36. The van der Waals surface area contributed by atoms with Gasteiger partial charge in [0, 0.05) is 18.7 Å². The molecule has 46 heavy (non-hydrogen) atoms. The van der Waals surface area contributed by atoms with E-state index >= 15 is 0 Å². The number of ketones is 1. The summed E-state index contributed by atoms with van der Waals surface area (Å²) in [6, 6.07) is 10.5. The molecule has 1 atom stereocenters. The average molecular weight is 638 g/mol. The van der Waals surface area contributed by atoms with Crippen LogP contribution in [-0.4, -0.2) is 45.1 Å². The molecule has 1 heterocycles. The maximum atomic E-state index is 14.4. The fraction of sp³-hybridized carbons (Fsp3) is 0.429. The first-order chi connectivity index (χ1) is 21.6. The Morgan fingerprint density at radius 1 is 0.978 bits per heavy atom. The lowest BCUT2D eigenvalue weighted by Gasteiger charge is -2.34. The maximum absolute atomic E-state index is 14.4. The van der Waals surface area contributed by atoms with Gasteiger partial charge in [0.05, 0.1) is 16.8 Å². The molecule has 1 amide bonds. The number of amides is 1. The number of esters is 1. The van der Waals surface area contributed by atoms with E-state index in [1.54, 1.807) is 45.0 Å². The van der Waals surface area contributed by atoms with E-state index in [4.69, 9.17) is 15.2 Å². The van der Waals surface area contributed by atoms with Crippen LogP contribution in [0.1, 0.15) is 88.2 Å². The van der Waals surface area contributed by atoms with Gasteiger partial charge in [-0.05, 0) is 94.7 Å². The molecule has 1 aromatic heterocycles. The highest BCUT2D eigenvalue weighted by molar-refractivity contribution is 6.11. The summed E-state index contributed by atoms with van der Waals surface area (Å²) in [5.74, 6) is -3.32. The molecule has 11 heteroatoms. The van der Waals surface area contributed by atoms with Gasteiger partial charge in [0.1, 0.15) is 35.2 Å². The molecular formula is C35H41F2N3O6.